The van der Waals surface area contributed by atoms with Crippen LogP contribution in [0.4, 0.5) is 17.6 Å². The third-order valence-corrected chi connectivity index (χ3v) is 3.76. The molecule has 0 saturated carbocycles. The first-order valence-corrected chi connectivity index (χ1v) is 8.17. The molecule has 0 aliphatic heterocycles. The van der Waals surface area contributed by atoms with Crippen molar-refractivity contribution in [2.45, 2.75) is 18.1 Å². The van der Waals surface area contributed by atoms with E-state index in [1.807, 2.05) is 0 Å². The van der Waals surface area contributed by atoms with E-state index < -0.39 is 18.1 Å². The van der Waals surface area contributed by atoms with Gasteiger partial charge in [-0.3, -0.25) is 0 Å². The number of nitrogens with zero attached hydrogens (tertiary/aromatic N) is 1. The van der Waals surface area contributed by atoms with Crippen molar-refractivity contribution in [1.82, 2.24) is 4.98 Å². The van der Waals surface area contributed by atoms with E-state index in [1.165, 1.54) is 30.0 Å². The molecule has 0 saturated heterocycles. The summed E-state index contributed by atoms with van der Waals surface area (Å²) in [6, 6.07) is 4.46. The van der Waals surface area contributed by atoms with Crippen LogP contribution in [0.2, 0.25) is 0 Å². The van der Waals surface area contributed by atoms with Gasteiger partial charge in [0.25, 0.3) is 17.4 Å². The van der Waals surface area contributed by atoms with Crippen LogP contribution < -0.4 is 0 Å². The van der Waals surface area contributed by atoms with Crippen LogP contribution in [-0.4, -0.2) is 23.3 Å². The molecule has 0 aliphatic rings. The number of rotatable bonds is 8. The Morgan fingerprint density at radius 1 is 1.16 bits per heavy atom. The highest BCUT2D eigenvalue weighted by Gasteiger charge is 2.12. The summed E-state index contributed by atoms with van der Waals surface area (Å²) in [5.41, 5.74) is 1.07. The first kappa shape index (κ1) is 19.0. The van der Waals surface area contributed by atoms with E-state index in [1.54, 1.807) is 0 Å². The van der Waals surface area contributed by atoms with Crippen LogP contribution in [0.15, 0.2) is 52.2 Å². The van der Waals surface area contributed by atoms with Crippen molar-refractivity contribution in [3.05, 3.63) is 48.1 Å². The number of oxazole rings is 1. The summed E-state index contributed by atoms with van der Waals surface area (Å²) in [6.45, 7) is -0.160. The number of aromatic nitrogens is 1. The number of carbonyl (C=O) groups excluding carboxylic acids is 1. The average Bonchev–Trinajstić information content (AvgIpc) is 2.97. The highest BCUT2D eigenvalue weighted by molar-refractivity contribution is 7.99. The maximum Gasteiger partial charge on any atom is 0.338 e. The van der Waals surface area contributed by atoms with Crippen molar-refractivity contribution in [3.8, 4) is 0 Å². The third-order valence-electron chi connectivity index (χ3n) is 2.90. The van der Waals surface area contributed by atoms with Gasteiger partial charge in [0, 0.05) is 12.2 Å². The van der Waals surface area contributed by atoms with Crippen molar-refractivity contribution in [1.29, 1.82) is 0 Å². The standard InChI is InChI=1S/C16H13F4NO3S/c17-13(18)3-1-7-23-15(22)10-5-6-12-11(9-10)21-16(24-12)25-8-2-4-14(19)20/h3-6,9H,1-2,7-8H2. The number of esters is 1. The van der Waals surface area contributed by atoms with Crippen LogP contribution in [0.1, 0.15) is 23.2 Å². The minimum absolute atomic E-state index is 0.0744. The van der Waals surface area contributed by atoms with E-state index in [0.717, 1.165) is 6.08 Å². The lowest BCUT2D eigenvalue weighted by atomic mass is 10.2. The molecule has 0 spiro atoms. The number of hydrogen-bond acceptors (Lipinski definition) is 5. The second kappa shape index (κ2) is 9.26. The summed E-state index contributed by atoms with van der Waals surface area (Å²) in [5.74, 6) is -0.284. The number of benzene rings is 1. The number of halogens is 4. The zero-order valence-corrected chi connectivity index (χ0v) is 13.6. The van der Waals surface area contributed by atoms with Crippen LogP contribution in [-0.2, 0) is 4.74 Å². The Balaban J connectivity index is 1.95. The summed E-state index contributed by atoms with van der Waals surface area (Å²) < 4.78 is 57.9. The Morgan fingerprint density at radius 2 is 1.88 bits per heavy atom. The van der Waals surface area contributed by atoms with Gasteiger partial charge < -0.3 is 9.15 Å². The molecule has 4 nitrogen and oxygen atoms in total. The molecule has 0 N–H and O–H groups in total. The van der Waals surface area contributed by atoms with Crippen LogP contribution >= 0.6 is 11.8 Å². The molecule has 0 fully saturated rings. The third kappa shape index (κ3) is 6.26. The molecule has 0 amide bonds. The predicted molar refractivity (Wildman–Crippen MR) is 84.8 cm³/mol. The molecule has 134 valence electrons. The van der Waals surface area contributed by atoms with E-state index in [2.05, 4.69) is 4.98 Å². The fraction of sp³-hybridized carbons (Fsp3) is 0.250. The zero-order chi connectivity index (χ0) is 18.2. The Labute approximate surface area is 144 Å². The van der Waals surface area contributed by atoms with Crippen molar-refractivity contribution >= 4 is 28.8 Å². The molecule has 0 atom stereocenters. The van der Waals surface area contributed by atoms with Gasteiger partial charge in [-0.25, -0.2) is 9.78 Å². The first-order valence-electron chi connectivity index (χ1n) is 7.18. The Morgan fingerprint density at radius 3 is 2.60 bits per heavy atom. The fourth-order valence-electron chi connectivity index (χ4n) is 1.81. The number of fused-ring (bicyclic) bond motifs is 1. The summed E-state index contributed by atoms with van der Waals surface area (Å²) in [7, 11) is 0. The Bertz CT molecular complexity index is 796. The highest BCUT2D eigenvalue weighted by Crippen LogP contribution is 2.25. The lowest BCUT2D eigenvalue weighted by Gasteiger charge is -2.02. The number of allylic oxidation sites excluding steroid dienone is 1. The second-order valence-electron chi connectivity index (χ2n) is 4.71. The van der Waals surface area contributed by atoms with Gasteiger partial charge >= 0.3 is 5.97 Å². The molecule has 2 rings (SSSR count). The molecule has 0 unspecified atom stereocenters. The molecule has 1 aromatic carbocycles. The largest absolute Gasteiger partial charge is 0.462 e. The SMILES string of the molecule is O=C(OCCC=C(F)F)c1ccc2oc(SCCC=C(F)F)nc2c1. The van der Waals surface area contributed by atoms with Gasteiger partial charge in [0.1, 0.15) is 5.52 Å². The van der Waals surface area contributed by atoms with Crippen LogP contribution in [0, 0.1) is 0 Å². The van der Waals surface area contributed by atoms with E-state index in [9.17, 15) is 22.4 Å². The van der Waals surface area contributed by atoms with Gasteiger partial charge in [0.05, 0.1) is 12.2 Å². The average molecular weight is 375 g/mol. The van der Waals surface area contributed by atoms with Crippen LogP contribution in [0.3, 0.4) is 0 Å². The van der Waals surface area contributed by atoms with Gasteiger partial charge in [-0.15, -0.1) is 0 Å². The molecule has 2 aromatic rings. The van der Waals surface area contributed by atoms with Crippen LogP contribution in [0.25, 0.3) is 11.1 Å². The van der Waals surface area contributed by atoms with E-state index in [-0.39, 0.29) is 25.0 Å². The lowest BCUT2D eigenvalue weighted by Crippen LogP contribution is -2.05. The van der Waals surface area contributed by atoms with E-state index >= 15 is 0 Å². The normalized spacial score (nSPS) is 10.6. The lowest BCUT2D eigenvalue weighted by molar-refractivity contribution is 0.0510. The van der Waals surface area contributed by atoms with Crippen molar-refractivity contribution in [3.63, 3.8) is 0 Å². The van der Waals surface area contributed by atoms with Gasteiger partial charge in [-0.2, -0.15) is 17.6 Å². The topological polar surface area (TPSA) is 52.3 Å². The monoisotopic (exact) mass is 375 g/mol. The number of ether oxygens (including phenoxy) is 1. The maximum atomic E-state index is 11.9. The number of hydrogen-bond donors (Lipinski definition) is 0. The Hall–Kier alpha value is -2.29. The van der Waals surface area contributed by atoms with Gasteiger partial charge in [-0.1, -0.05) is 11.8 Å². The summed E-state index contributed by atoms with van der Waals surface area (Å²) in [5, 5.41) is 0.303. The molecule has 0 radical (unpaired) electrons. The summed E-state index contributed by atoms with van der Waals surface area (Å²) in [6.07, 6.45) is -1.97. The first-order chi connectivity index (χ1) is 12.0. The zero-order valence-electron chi connectivity index (χ0n) is 12.8. The van der Waals surface area contributed by atoms with Gasteiger partial charge in [0.2, 0.25) is 0 Å². The molecular formula is C16H13F4NO3S. The van der Waals surface area contributed by atoms with Crippen molar-refractivity contribution in [2.75, 3.05) is 12.4 Å². The molecule has 9 heteroatoms. The van der Waals surface area contributed by atoms with Gasteiger partial charge in [0.15, 0.2) is 5.58 Å². The number of carbonyl (C=O) groups is 1. The van der Waals surface area contributed by atoms with Gasteiger partial charge in [-0.05, 0) is 36.8 Å². The minimum Gasteiger partial charge on any atom is -0.462 e. The highest BCUT2D eigenvalue weighted by atomic mass is 32.2. The molecule has 25 heavy (non-hydrogen) atoms. The summed E-state index contributed by atoms with van der Waals surface area (Å²) in [4.78, 5) is 16.0. The molecule has 0 aliphatic carbocycles. The van der Waals surface area contributed by atoms with Crippen molar-refractivity contribution < 1.29 is 31.5 Å². The Kier molecular flexibility index (Phi) is 7.05. The van der Waals surface area contributed by atoms with Crippen molar-refractivity contribution in [2.24, 2.45) is 0 Å². The molecule has 1 aromatic heterocycles. The predicted octanol–water partition coefficient (Wildman–Crippen LogP) is 5.42. The molecular weight excluding hydrogens is 362 g/mol. The minimum atomic E-state index is -1.82. The maximum absolute atomic E-state index is 11.9. The molecule has 1 heterocycles. The smallest absolute Gasteiger partial charge is 0.338 e. The number of thioether (sulfide) groups is 1. The quantitative estimate of drug-likeness (QED) is 0.267. The second-order valence-corrected chi connectivity index (χ2v) is 5.76. The fourth-order valence-corrected chi connectivity index (χ4v) is 2.53. The van der Waals surface area contributed by atoms with Crippen LogP contribution in [0.5, 0.6) is 0 Å². The molecule has 0 bridgehead atoms. The summed E-state index contributed by atoms with van der Waals surface area (Å²) >= 11 is 1.17. The van der Waals surface area contributed by atoms with E-state index in [0.29, 0.717) is 28.2 Å². The van der Waals surface area contributed by atoms with E-state index in [4.69, 9.17) is 9.15 Å².